The zero-order valence-corrected chi connectivity index (χ0v) is 12.5. The standard InChI is InChI=1S/C12H17NO7S/c1-18-9-3-4-11(10(7-9)19-2)21(16,17)13-5-6-20-8-12(14)15/h3-4,7,13H,5-6,8H2,1-2H3,(H,14,15). The molecule has 8 nitrogen and oxygen atoms in total. The fourth-order valence-corrected chi connectivity index (χ4v) is 2.64. The maximum atomic E-state index is 12.1. The van der Waals surface area contributed by atoms with Crippen molar-refractivity contribution in [1.82, 2.24) is 4.72 Å². The number of nitrogens with one attached hydrogen (secondary N) is 1. The van der Waals surface area contributed by atoms with E-state index in [1.165, 1.54) is 32.4 Å². The number of methoxy groups -OCH3 is 2. The zero-order valence-electron chi connectivity index (χ0n) is 11.7. The molecule has 0 fully saturated rings. The van der Waals surface area contributed by atoms with Gasteiger partial charge in [-0.2, -0.15) is 0 Å². The second-order valence-corrected chi connectivity index (χ2v) is 5.60. The molecule has 1 aromatic rings. The minimum absolute atomic E-state index is 0.0379. The third-order valence-electron chi connectivity index (χ3n) is 2.42. The van der Waals surface area contributed by atoms with Gasteiger partial charge in [-0.1, -0.05) is 0 Å². The molecule has 21 heavy (non-hydrogen) atoms. The number of hydrogen-bond acceptors (Lipinski definition) is 6. The van der Waals surface area contributed by atoms with Crippen molar-refractivity contribution in [3.8, 4) is 11.5 Å². The number of aliphatic carboxylic acids is 1. The van der Waals surface area contributed by atoms with E-state index < -0.39 is 22.6 Å². The fraction of sp³-hybridized carbons (Fsp3) is 0.417. The number of rotatable bonds is 9. The van der Waals surface area contributed by atoms with E-state index in [1.54, 1.807) is 0 Å². The fourth-order valence-electron chi connectivity index (χ4n) is 1.48. The maximum Gasteiger partial charge on any atom is 0.329 e. The van der Waals surface area contributed by atoms with E-state index in [-0.39, 0.29) is 23.8 Å². The molecule has 1 rings (SSSR count). The van der Waals surface area contributed by atoms with Crippen LogP contribution in [0.4, 0.5) is 0 Å². The first-order valence-electron chi connectivity index (χ1n) is 5.92. The van der Waals surface area contributed by atoms with Gasteiger partial charge in [-0.05, 0) is 12.1 Å². The van der Waals surface area contributed by atoms with Crippen LogP contribution in [0.15, 0.2) is 23.1 Å². The number of carboxylic acid groups (broad SMARTS) is 1. The molecule has 0 spiro atoms. The third kappa shape index (κ3) is 5.21. The van der Waals surface area contributed by atoms with Gasteiger partial charge in [-0.25, -0.2) is 17.9 Å². The Morgan fingerprint density at radius 3 is 2.57 bits per heavy atom. The van der Waals surface area contributed by atoms with Gasteiger partial charge in [-0.3, -0.25) is 0 Å². The number of benzene rings is 1. The summed E-state index contributed by atoms with van der Waals surface area (Å²) in [7, 11) is -0.976. The molecule has 0 amide bonds. The summed E-state index contributed by atoms with van der Waals surface area (Å²) in [6, 6.07) is 4.31. The highest BCUT2D eigenvalue weighted by Crippen LogP contribution is 2.27. The summed E-state index contributed by atoms with van der Waals surface area (Å²) in [5.41, 5.74) is 0. The highest BCUT2D eigenvalue weighted by molar-refractivity contribution is 7.89. The summed E-state index contributed by atoms with van der Waals surface area (Å²) < 4.78 is 41.3. The van der Waals surface area contributed by atoms with E-state index in [1.807, 2.05) is 0 Å². The smallest absolute Gasteiger partial charge is 0.329 e. The largest absolute Gasteiger partial charge is 0.497 e. The Labute approximate surface area is 122 Å². The molecule has 0 saturated heterocycles. The topological polar surface area (TPSA) is 111 Å². The predicted octanol–water partition coefficient (Wildman–Crippen LogP) is 0.0833. The molecular weight excluding hydrogens is 302 g/mol. The quantitative estimate of drug-likeness (QED) is 0.620. The van der Waals surface area contributed by atoms with Gasteiger partial charge >= 0.3 is 5.97 Å². The third-order valence-corrected chi connectivity index (χ3v) is 3.92. The summed E-state index contributed by atoms with van der Waals surface area (Å²) in [4.78, 5) is 10.2. The monoisotopic (exact) mass is 319 g/mol. The molecule has 0 aliphatic heterocycles. The minimum Gasteiger partial charge on any atom is -0.497 e. The van der Waals surface area contributed by atoms with Crippen LogP contribution in [0.1, 0.15) is 0 Å². The first kappa shape index (κ1) is 17.2. The van der Waals surface area contributed by atoms with Crippen LogP contribution in [0, 0.1) is 0 Å². The zero-order chi connectivity index (χ0) is 15.9. The molecule has 1 aromatic carbocycles. The average Bonchev–Trinajstić information content (AvgIpc) is 2.45. The number of carboxylic acids is 1. The Kier molecular flexibility index (Phi) is 6.40. The Hall–Kier alpha value is -1.84. The van der Waals surface area contributed by atoms with Crippen LogP contribution >= 0.6 is 0 Å². The van der Waals surface area contributed by atoms with Crippen molar-refractivity contribution in [2.24, 2.45) is 0 Å². The van der Waals surface area contributed by atoms with Crippen molar-refractivity contribution in [1.29, 1.82) is 0 Å². The van der Waals surface area contributed by atoms with Crippen molar-refractivity contribution in [3.63, 3.8) is 0 Å². The Morgan fingerprint density at radius 2 is 2.00 bits per heavy atom. The second kappa shape index (κ2) is 7.81. The van der Waals surface area contributed by atoms with Crippen molar-refractivity contribution in [3.05, 3.63) is 18.2 Å². The van der Waals surface area contributed by atoms with Gasteiger partial charge in [0.05, 0.1) is 20.8 Å². The number of ether oxygens (including phenoxy) is 3. The number of carbonyl (C=O) groups is 1. The van der Waals surface area contributed by atoms with Gasteiger partial charge in [0, 0.05) is 12.6 Å². The van der Waals surface area contributed by atoms with Gasteiger partial charge in [-0.15, -0.1) is 0 Å². The average molecular weight is 319 g/mol. The Bertz CT molecular complexity index is 585. The van der Waals surface area contributed by atoms with Crippen LogP contribution < -0.4 is 14.2 Å². The maximum absolute atomic E-state index is 12.1. The summed E-state index contributed by atoms with van der Waals surface area (Å²) >= 11 is 0. The Morgan fingerprint density at radius 1 is 1.29 bits per heavy atom. The van der Waals surface area contributed by atoms with Crippen molar-refractivity contribution in [2.45, 2.75) is 4.90 Å². The summed E-state index contributed by atoms with van der Waals surface area (Å²) in [6.07, 6.45) is 0. The summed E-state index contributed by atoms with van der Waals surface area (Å²) in [5, 5.41) is 8.38. The minimum atomic E-state index is -3.79. The van der Waals surface area contributed by atoms with Crippen molar-refractivity contribution >= 4 is 16.0 Å². The van der Waals surface area contributed by atoms with E-state index in [0.717, 1.165) is 0 Å². The molecule has 9 heteroatoms. The first-order chi connectivity index (χ1) is 9.90. The molecule has 0 atom stereocenters. The van der Waals surface area contributed by atoms with E-state index >= 15 is 0 Å². The normalized spacial score (nSPS) is 11.1. The SMILES string of the molecule is COc1ccc(S(=O)(=O)NCCOCC(=O)O)c(OC)c1. The number of sulfonamides is 1. The molecular formula is C12H17NO7S. The van der Waals surface area contributed by atoms with Gasteiger partial charge < -0.3 is 19.3 Å². The van der Waals surface area contributed by atoms with Crippen LogP contribution in [-0.4, -0.2) is 53.5 Å². The van der Waals surface area contributed by atoms with Gasteiger partial charge in [0.25, 0.3) is 0 Å². The molecule has 0 aliphatic carbocycles. The molecule has 0 unspecified atom stereocenters. The van der Waals surface area contributed by atoms with Crippen LogP contribution in [0.25, 0.3) is 0 Å². The molecule has 118 valence electrons. The summed E-state index contributed by atoms with van der Waals surface area (Å²) in [5.74, 6) is -0.501. The summed E-state index contributed by atoms with van der Waals surface area (Å²) in [6.45, 7) is -0.581. The predicted molar refractivity (Wildman–Crippen MR) is 73.2 cm³/mol. The lowest BCUT2D eigenvalue weighted by Gasteiger charge is -2.11. The number of hydrogen-bond donors (Lipinski definition) is 2. The molecule has 0 radical (unpaired) electrons. The van der Waals surface area contributed by atoms with Gasteiger partial charge in [0.2, 0.25) is 10.0 Å². The molecule has 0 bridgehead atoms. The highest BCUT2D eigenvalue weighted by Gasteiger charge is 2.19. The Balaban J connectivity index is 2.72. The van der Waals surface area contributed by atoms with Crippen molar-refractivity contribution < 1.29 is 32.5 Å². The van der Waals surface area contributed by atoms with E-state index in [0.29, 0.717) is 5.75 Å². The van der Waals surface area contributed by atoms with Gasteiger partial charge in [0.15, 0.2) is 0 Å². The van der Waals surface area contributed by atoms with E-state index in [9.17, 15) is 13.2 Å². The van der Waals surface area contributed by atoms with Crippen LogP contribution in [0.2, 0.25) is 0 Å². The molecule has 0 saturated carbocycles. The lowest BCUT2D eigenvalue weighted by molar-refractivity contribution is -0.142. The molecule has 0 aromatic heterocycles. The van der Waals surface area contributed by atoms with E-state index in [4.69, 9.17) is 19.3 Å². The first-order valence-corrected chi connectivity index (χ1v) is 7.40. The molecule has 0 heterocycles. The van der Waals surface area contributed by atoms with Gasteiger partial charge in [0.1, 0.15) is 23.0 Å². The molecule has 2 N–H and O–H groups in total. The van der Waals surface area contributed by atoms with Crippen LogP contribution in [0.3, 0.4) is 0 Å². The lowest BCUT2D eigenvalue weighted by Crippen LogP contribution is -2.28. The highest BCUT2D eigenvalue weighted by atomic mass is 32.2. The molecule has 0 aliphatic rings. The van der Waals surface area contributed by atoms with Crippen molar-refractivity contribution in [2.75, 3.05) is 34.0 Å². The van der Waals surface area contributed by atoms with Crippen LogP contribution in [-0.2, 0) is 19.6 Å². The second-order valence-electron chi connectivity index (χ2n) is 3.86. The van der Waals surface area contributed by atoms with Crippen LogP contribution in [0.5, 0.6) is 11.5 Å². The van der Waals surface area contributed by atoms with E-state index in [2.05, 4.69) is 4.72 Å². The lowest BCUT2D eigenvalue weighted by atomic mass is 10.3.